The Balaban J connectivity index is 2.42. The van der Waals surface area contributed by atoms with Crippen LogP contribution in [0, 0.1) is 6.92 Å². The molecule has 4 N–H and O–H groups in total. The van der Waals surface area contributed by atoms with Crippen molar-refractivity contribution in [3.05, 3.63) is 64.5 Å². The Morgan fingerprint density at radius 1 is 1.41 bits per heavy atom. The summed E-state index contributed by atoms with van der Waals surface area (Å²) in [4.78, 5) is 18.9. The molecule has 2 rings (SSSR count). The smallest absolute Gasteiger partial charge is 0.252 e. The molecular weight excluding hydrogens is 276 g/mol. The maximum Gasteiger partial charge on any atom is 0.252 e. The van der Waals surface area contributed by atoms with Gasteiger partial charge in [0.2, 0.25) is 5.95 Å². The number of rotatable bonds is 6. The van der Waals surface area contributed by atoms with Crippen LogP contribution in [0.25, 0.3) is 17.3 Å². The first-order valence-corrected chi connectivity index (χ1v) is 7.09. The van der Waals surface area contributed by atoms with E-state index >= 15 is 0 Å². The van der Waals surface area contributed by atoms with Gasteiger partial charge in [-0.2, -0.15) is 0 Å². The van der Waals surface area contributed by atoms with E-state index in [9.17, 15) is 4.79 Å². The van der Waals surface area contributed by atoms with Crippen LogP contribution >= 0.6 is 0 Å². The zero-order chi connectivity index (χ0) is 15.9. The molecule has 0 fully saturated rings. The van der Waals surface area contributed by atoms with E-state index in [1.165, 1.54) is 6.07 Å². The van der Waals surface area contributed by atoms with Gasteiger partial charge in [-0.15, -0.1) is 0 Å². The van der Waals surface area contributed by atoms with E-state index in [-0.39, 0.29) is 5.56 Å². The zero-order valence-electron chi connectivity index (χ0n) is 12.6. The highest BCUT2D eigenvalue weighted by Crippen LogP contribution is 2.21. The summed E-state index contributed by atoms with van der Waals surface area (Å²) in [5.74, 6) is 0.428. The molecule has 114 valence electrons. The van der Waals surface area contributed by atoms with Gasteiger partial charge in [0.25, 0.3) is 5.56 Å². The molecule has 0 amide bonds. The summed E-state index contributed by atoms with van der Waals surface area (Å²) in [6.07, 6.45) is 5.59. The highest BCUT2D eigenvalue weighted by atomic mass is 16.1. The molecule has 0 unspecified atom stereocenters. The number of allylic oxidation sites excluding steroid dienone is 2. The highest BCUT2D eigenvalue weighted by Gasteiger charge is 2.05. The standard InChI is InChI=1S/C17H20N4O/c1-3-4-5-13-10-14(7-6-12(13)2)15-11-16(22)21-17(20-15)19-9-8-18/h3-7,10-11H,1,8-9,18H2,2H3,(H2,19,20,21,22)/b5-4-. The number of hydrogen-bond acceptors (Lipinski definition) is 4. The third kappa shape index (κ3) is 3.93. The molecule has 22 heavy (non-hydrogen) atoms. The zero-order valence-corrected chi connectivity index (χ0v) is 12.6. The topological polar surface area (TPSA) is 83.8 Å². The Morgan fingerprint density at radius 2 is 2.23 bits per heavy atom. The first-order chi connectivity index (χ1) is 10.6. The average molecular weight is 296 g/mol. The van der Waals surface area contributed by atoms with E-state index in [1.54, 1.807) is 6.08 Å². The van der Waals surface area contributed by atoms with E-state index < -0.39 is 0 Å². The van der Waals surface area contributed by atoms with Gasteiger partial charge in [-0.25, -0.2) is 4.98 Å². The van der Waals surface area contributed by atoms with Crippen LogP contribution in [-0.4, -0.2) is 23.1 Å². The van der Waals surface area contributed by atoms with E-state index in [2.05, 4.69) is 21.9 Å². The third-order valence-electron chi connectivity index (χ3n) is 3.17. The number of H-pyrrole nitrogens is 1. The van der Waals surface area contributed by atoms with Crippen molar-refractivity contribution in [2.24, 2.45) is 5.73 Å². The van der Waals surface area contributed by atoms with Gasteiger partial charge in [-0.05, 0) is 24.1 Å². The van der Waals surface area contributed by atoms with Crippen LogP contribution < -0.4 is 16.6 Å². The van der Waals surface area contributed by atoms with Crippen LogP contribution in [0.5, 0.6) is 0 Å². The molecule has 5 nitrogen and oxygen atoms in total. The number of anilines is 1. The fourth-order valence-corrected chi connectivity index (χ4v) is 2.03. The minimum Gasteiger partial charge on any atom is -0.354 e. The van der Waals surface area contributed by atoms with Gasteiger partial charge in [0.05, 0.1) is 5.69 Å². The van der Waals surface area contributed by atoms with Crippen LogP contribution in [0.1, 0.15) is 11.1 Å². The maximum atomic E-state index is 11.8. The number of hydrogen-bond donors (Lipinski definition) is 3. The fourth-order valence-electron chi connectivity index (χ4n) is 2.03. The van der Waals surface area contributed by atoms with E-state index in [0.717, 1.165) is 16.7 Å². The van der Waals surface area contributed by atoms with Crippen molar-refractivity contribution in [2.75, 3.05) is 18.4 Å². The van der Waals surface area contributed by atoms with Crippen LogP contribution in [0.15, 0.2) is 47.8 Å². The first kappa shape index (κ1) is 15.7. The Hall–Kier alpha value is -2.66. The largest absolute Gasteiger partial charge is 0.354 e. The third-order valence-corrected chi connectivity index (χ3v) is 3.17. The summed E-state index contributed by atoms with van der Waals surface area (Å²) in [5.41, 5.74) is 8.97. The molecule has 1 aromatic carbocycles. The van der Waals surface area contributed by atoms with Crippen LogP contribution in [0.2, 0.25) is 0 Å². The van der Waals surface area contributed by atoms with Crippen LogP contribution in [0.4, 0.5) is 5.95 Å². The molecule has 0 bridgehead atoms. The number of nitrogens with two attached hydrogens (primary N) is 1. The summed E-state index contributed by atoms with van der Waals surface area (Å²) < 4.78 is 0. The van der Waals surface area contributed by atoms with Gasteiger partial charge in [-0.3, -0.25) is 9.78 Å². The van der Waals surface area contributed by atoms with E-state index in [1.807, 2.05) is 37.3 Å². The predicted molar refractivity (Wildman–Crippen MR) is 91.8 cm³/mol. The minimum atomic E-state index is -0.201. The van der Waals surface area contributed by atoms with Gasteiger partial charge >= 0.3 is 0 Å². The molecule has 5 heteroatoms. The van der Waals surface area contributed by atoms with E-state index in [4.69, 9.17) is 5.73 Å². The second-order valence-electron chi connectivity index (χ2n) is 4.86. The van der Waals surface area contributed by atoms with Gasteiger partial charge in [0, 0.05) is 24.7 Å². The number of nitrogens with zero attached hydrogens (tertiary/aromatic N) is 1. The number of aromatic amines is 1. The summed E-state index contributed by atoms with van der Waals surface area (Å²) in [7, 11) is 0. The second kappa shape index (κ2) is 7.38. The van der Waals surface area contributed by atoms with Gasteiger partial charge in [-0.1, -0.05) is 36.9 Å². The molecule has 0 aliphatic rings. The second-order valence-corrected chi connectivity index (χ2v) is 4.86. The van der Waals surface area contributed by atoms with Crippen molar-refractivity contribution >= 4 is 12.0 Å². The summed E-state index contributed by atoms with van der Waals surface area (Å²) in [6, 6.07) is 7.45. The molecule has 1 heterocycles. The number of nitrogens with one attached hydrogen (secondary N) is 2. The van der Waals surface area contributed by atoms with Crippen LogP contribution in [0.3, 0.4) is 0 Å². The quantitative estimate of drug-likeness (QED) is 0.714. The lowest BCUT2D eigenvalue weighted by Gasteiger charge is -2.08. The number of benzene rings is 1. The summed E-state index contributed by atoms with van der Waals surface area (Å²) in [5, 5.41) is 2.99. The average Bonchev–Trinajstić information content (AvgIpc) is 2.51. The lowest BCUT2D eigenvalue weighted by molar-refractivity contribution is 0.983. The molecule has 0 saturated carbocycles. The SMILES string of the molecule is C=C/C=C\c1cc(-c2cc(=O)[nH]c(NCCN)n2)ccc1C. The molecule has 1 aromatic heterocycles. The summed E-state index contributed by atoms with van der Waals surface area (Å²) >= 11 is 0. The van der Waals surface area contributed by atoms with Crippen LogP contribution in [-0.2, 0) is 0 Å². The van der Waals surface area contributed by atoms with Crippen molar-refractivity contribution in [3.8, 4) is 11.3 Å². The molecule has 0 atom stereocenters. The number of aryl methyl sites for hydroxylation is 1. The van der Waals surface area contributed by atoms with Crippen molar-refractivity contribution in [1.29, 1.82) is 0 Å². The fraction of sp³-hybridized carbons (Fsp3) is 0.176. The molecule has 0 aliphatic heterocycles. The number of aromatic nitrogens is 2. The Bertz CT molecular complexity index is 747. The van der Waals surface area contributed by atoms with E-state index in [0.29, 0.717) is 24.7 Å². The van der Waals surface area contributed by atoms with Crippen molar-refractivity contribution in [2.45, 2.75) is 6.92 Å². The molecule has 0 saturated heterocycles. The van der Waals surface area contributed by atoms with Crippen molar-refractivity contribution in [1.82, 2.24) is 9.97 Å². The van der Waals surface area contributed by atoms with Gasteiger partial charge in [0.15, 0.2) is 0 Å². The lowest BCUT2D eigenvalue weighted by Crippen LogP contribution is -2.18. The first-order valence-electron chi connectivity index (χ1n) is 7.09. The Morgan fingerprint density at radius 3 is 2.95 bits per heavy atom. The van der Waals surface area contributed by atoms with Crippen molar-refractivity contribution < 1.29 is 0 Å². The molecule has 0 radical (unpaired) electrons. The predicted octanol–water partition coefficient (Wildman–Crippen LogP) is 2.32. The van der Waals surface area contributed by atoms with Crippen molar-refractivity contribution in [3.63, 3.8) is 0 Å². The lowest BCUT2D eigenvalue weighted by atomic mass is 10.0. The molecule has 2 aromatic rings. The minimum absolute atomic E-state index is 0.201. The molecule has 0 aliphatic carbocycles. The van der Waals surface area contributed by atoms with Gasteiger partial charge in [0.1, 0.15) is 0 Å². The highest BCUT2D eigenvalue weighted by molar-refractivity contribution is 5.67. The molecular formula is C17H20N4O. The Kier molecular flexibility index (Phi) is 5.27. The normalized spacial score (nSPS) is 10.8. The summed E-state index contributed by atoms with van der Waals surface area (Å²) in [6.45, 7) is 6.72. The Labute approximate surface area is 129 Å². The monoisotopic (exact) mass is 296 g/mol. The maximum absolute atomic E-state index is 11.8. The molecule has 0 spiro atoms. The van der Waals surface area contributed by atoms with Gasteiger partial charge < -0.3 is 11.1 Å².